The third-order valence-corrected chi connectivity index (χ3v) is 6.71. The predicted octanol–water partition coefficient (Wildman–Crippen LogP) is 5.37. The van der Waals surface area contributed by atoms with Crippen LogP contribution in [0.25, 0.3) is 22.2 Å². The van der Waals surface area contributed by atoms with Gasteiger partial charge in [0, 0.05) is 49.7 Å². The smallest absolute Gasteiger partial charge is 0.410 e. The quantitative estimate of drug-likeness (QED) is 0.462. The Balaban J connectivity index is 1.78. The third-order valence-electron chi connectivity index (χ3n) is 6.71. The summed E-state index contributed by atoms with van der Waals surface area (Å²) in [4.78, 5) is 34.5. The Morgan fingerprint density at radius 1 is 1.22 bits per heavy atom. The SMILES string of the molecule is CCN(C(=O)c1cc(F)ccc1-c1cc(C2CCN(C(=O)OC(C)(C)C)C2)nc2c1cnn2C)C(C)C. The lowest BCUT2D eigenvalue weighted by Gasteiger charge is -2.26. The van der Waals surface area contributed by atoms with Gasteiger partial charge in [-0.15, -0.1) is 0 Å². The number of rotatable bonds is 5. The van der Waals surface area contributed by atoms with Crippen molar-refractivity contribution in [1.29, 1.82) is 0 Å². The lowest BCUT2D eigenvalue weighted by molar-refractivity contribution is 0.0292. The number of likely N-dealkylation sites (tertiary alicyclic amines) is 1. The van der Waals surface area contributed by atoms with Crippen molar-refractivity contribution in [2.45, 2.75) is 65.5 Å². The number of aryl methyl sites for hydroxylation is 1. The van der Waals surface area contributed by atoms with Gasteiger partial charge >= 0.3 is 6.09 Å². The summed E-state index contributed by atoms with van der Waals surface area (Å²) in [6.45, 7) is 12.9. The minimum atomic E-state index is -0.567. The van der Waals surface area contributed by atoms with Crippen molar-refractivity contribution in [3.8, 4) is 11.1 Å². The first-order chi connectivity index (χ1) is 17.4. The average Bonchev–Trinajstić information content (AvgIpc) is 3.45. The van der Waals surface area contributed by atoms with E-state index in [0.29, 0.717) is 36.4 Å². The molecule has 1 saturated heterocycles. The average molecular weight is 510 g/mol. The summed E-state index contributed by atoms with van der Waals surface area (Å²) >= 11 is 0. The number of carbonyl (C=O) groups excluding carboxylic acids is 2. The van der Waals surface area contributed by atoms with Gasteiger partial charge in [0.15, 0.2) is 5.65 Å². The van der Waals surface area contributed by atoms with Gasteiger partial charge in [0.05, 0.1) is 11.8 Å². The second-order valence-electron chi connectivity index (χ2n) is 10.9. The Labute approximate surface area is 217 Å². The lowest BCUT2D eigenvalue weighted by Crippen LogP contribution is -2.37. The largest absolute Gasteiger partial charge is 0.444 e. The van der Waals surface area contributed by atoms with Crippen LogP contribution in [0.4, 0.5) is 9.18 Å². The molecule has 1 aromatic carbocycles. The van der Waals surface area contributed by atoms with E-state index in [1.165, 1.54) is 12.1 Å². The van der Waals surface area contributed by atoms with Gasteiger partial charge in [-0.2, -0.15) is 5.10 Å². The zero-order chi connectivity index (χ0) is 27.1. The second-order valence-corrected chi connectivity index (χ2v) is 10.9. The van der Waals surface area contributed by atoms with Crippen LogP contribution in [-0.2, 0) is 11.8 Å². The van der Waals surface area contributed by atoms with Gasteiger partial charge in [0.1, 0.15) is 11.4 Å². The monoisotopic (exact) mass is 509 g/mol. The zero-order valence-electron chi connectivity index (χ0n) is 22.7. The number of ether oxygens (including phenoxy) is 1. The molecule has 0 bridgehead atoms. The van der Waals surface area contributed by atoms with Crippen molar-refractivity contribution in [1.82, 2.24) is 24.6 Å². The van der Waals surface area contributed by atoms with Crippen molar-refractivity contribution in [3.05, 3.63) is 47.5 Å². The van der Waals surface area contributed by atoms with Gasteiger partial charge in [0.25, 0.3) is 5.91 Å². The highest BCUT2D eigenvalue weighted by Gasteiger charge is 2.32. The molecule has 8 nitrogen and oxygen atoms in total. The van der Waals surface area contributed by atoms with Gasteiger partial charge in [-0.1, -0.05) is 6.07 Å². The van der Waals surface area contributed by atoms with Crippen molar-refractivity contribution in [3.63, 3.8) is 0 Å². The van der Waals surface area contributed by atoms with Crippen LogP contribution in [0, 0.1) is 5.82 Å². The fraction of sp³-hybridized carbons (Fsp3) is 0.500. The first-order valence-electron chi connectivity index (χ1n) is 12.8. The molecule has 1 aliphatic heterocycles. The van der Waals surface area contributed by atoms with Gasteiger partial charge < -0.3 is 14.5 Å². The summed E-state index contributed by atoms with van der Waals surface area (Å²) in [5.41, 5.74) is 2.61. The van der Waals surface area contributed by atoms with E-state index in [4.69, 9.17) is 9.72 Å². The molecular weight excluding hydrogens is 473 g/mol. The fourth-order valence-corrected chi connectivity index (χ4v) is 4.89. The molecule has 9 heteroatoms. The zero-order valence-corrected chi connectivity index (χ0v) is 22.7. The molecular formula is C28H36FN5O3. The van der Waals surface area contributed by atoms with Crippen LogP contribution < -0.4 is 0 Å². The van der Waals surface area contributed by atoms with Gasteiger partial charge in [-0.05, 0) is 77.3 Å². The predicted molar refractivity (Wildman–Crippen MR) is 141 cm³/mol. The highest BCUT2D eigenvalue weighted by Crippen LogP contribution is 2.36. The summed E-state index contributed by atoms with van der Waals surface area (Å²) in [6, 6.07) is 6.27. The van der Waals surface area contributed by atoms with E-state index < -0.39 is 11.4 Å². The molecule has 0 N–H and O–H groups in total. The standard InChI is InChI=1S/C28H36FN5O3/c1-8-34(17(2)3)26(35)22-13-19(29)9-10-20(22)21-14-24(31-25-23(21)15-30-32(25)7)18-11-12-33(16-18)27(36)37-28(4,5)6/h9-10,13-15,17-18H,8,11-12,16H2,1-7H3. The van der Waals surface area contributed by atoms with Crippen molar-refractivity contribution >= 4 is 23.0 Å². The van der Waals surface area contributed by atoms with Crippen molar-refractivity contribution < 1.29 is 18.7 Å². The molecule has 0 spiro atoms. The second kappa shape index (κ2) is 10.1. The van der Waals surface area contributed by atoms with Crippen LogP contribution in [0.1, 0.15) is 69.9 Å². The fourth-order valence-electron chi connectivity index (χ4n) is 4.89. The molecule has 1 atom stereocenters. The molecule has 37 heavy (non-hydrogen) atoms. The highest BCUT2D eigenvalue weighted by molar-refractivity contribution is 6.05. The first-order valence-corrected chi connectivity index (χ1v) is 12.8. The minimum absolute atomic E-state index is 0.00651. The van der Waals surface area contributed by atoms with Gasteiger partial charge in [0.2, 0.25) is 0 Å². The number of nitrogens with zero attached hydrogens (tertiary/aromatic N) is 5. The molecule has 0 saturated carbocycles. The molecule has 2 amide bonds. The van der Waals surface area contributed by atoms with Crippen LogP contribution in [0.15, 0.2) is 30.5 Å². The number of pyridine rings is 1. The number of carbonyl (C=O) groups is 2. The Bertz CT molecular complexity index is 1330. The minimum Gasteiger partial charge on any atom is -0.444 e. The van der Waals surface area contributed by atoms with Crippen LogP contribution >= 0.6 is 0 Å². The molecule has 3 heterocycles. The number of fused-ring (bicyclic) bond motifs is 1. The molecule has 2 aromatic heterocycles. The van der Waals surface area contributed by atoms with Crippen molar-refractivity contribution in [2.24, 2.45) is 7.05 Å². The Morgan fingerprint density at radius 3 is 2.59 bits per heavy atom. The molecule has 198 valence electrons. The van der Waals surface area contributed by atoms with Crippen LogP contribution in [0.3, 0.4) is 0 Å². The highest BCUT2D eigenvalue weighted by atomic mass is 19.1. The third kappa shape index (κ3) is 5.45. The first kappa shape index (κ1) is 26.6. The molecule has 1 unspecified atom stereocenters. The Morgan fingerprint density at radius 2 is 1.95 bits per heavy atom. The molecule has 3 aromatic rings. The Hall–Kier alpha value is -3.49. The van der Waals surface area contributed by atoms with E-state index in [-0.39, 0.29) is 24.0 Å². The van der Waals surface area contributed by atoms with Crippen LogP contribution in [-0.4, -0.2) is 67.8 Å². The van der Waals surface area contributed by atoms with Crippen molar-refractivity contribution in [2.75, 3.05) is 19.6 Å². The molecule has 4 rings (SSSR count). The normalized spacial score (nSPS) is 16.0. The number of benzene rings is 1. The maximum Gasteiger partial charge on any atom is 0.410 e. The summed E-state index contributed by atoms with van der Waals surface area (Å²) in [5, 5.41) is 5.18. The Kier molecular flexibility index (Phi) is 7.26. The van der Waals surface area contributed by atoms with E-state index in [0.717, 1.165) is 23.1 Å². The topological polar surface area (TPSA) is 80.6 Å². The van der Waals surface area contributed by atoms with Crippen LogP contribution in [0.2, 0.25) is 0 Å². The number of hydrogen-bond acceptors (Lipinski definition) is 5. The molecule has 1 fully saturated rings. The van der Waals surface area contributed by atoms with Gasteiger partial charge in [-0.3, -0.25) is 9.48 Å². The molecule has 1 aliphatic rings. The maximum atomic E-state index is 14.4. The van der Waals surface area contributed by atoms with Gasteiger partial charge in [-0.25, -0.2) is 14.2 Å². The van der Waals surface area contributed by atoms with E-state index in [1.807, 2.05) is 54.7 Å². The van der Waals surface area contributed by atoms with E-state index >= 15 is 0 Å². The van der Waals surface area contributed by atoms with E-state index in [2.05, 4.69) is 5.10 Å². The van der Waals surface area contributed by atoms with E-state index in [9.17, 15) is 14.0 Å². The summed E-state index contributed by atoms with van der Waals surface area (Å²) in [5.74, 6) is -0.695. The number of hydrogen-bond donors (Lipinski definition) is 0. The van der Waals surface area contributed by atoms with E-state index in [1.54, 1.807) is 26.7 Å². The summed E-state index contributed by atoms with van der Waals surface area (Å²) in [6.07, 6.45) is 2.12. The number of halogens is 1. The molecule has 0 radical (unpaired) electrons. The number of aromatic nitrogens is 3. The number of amides is 2. The van der Waals surface area contributed by atoms with Crippen LogP contribution in [0.5, 0.6) is 0 Å². The summed E-state index contributed by atoms with van der Waals surface area (Å²) < 4.78 is 21.7. The maximum absolute atomic E-state index is 14.4. The molecule has 0 aliphatic carbocycles. The lowest BCUT2D eigenvalue weighted by atomic mass is 9.93. The summed E-state index contributed by atoms with van der Waals surface area (Å²) in [7, 11) is 1.82.